The van der Waals surface area contributed by atoms with Gasteiger partial charge in [0.25, 0.3) is 5.69 Å². The number of nitro groups is 1. The Morgan fingerprint density at radius 1 is 0.710 bits per heavy atom. The van der Waals surface area contributed by atoms with Crippen LogP contribution < -0.4 is 20.7 Å². The molecule has 4 N–H and O–H groups in total. The second-order valence-electron chi connectivity index (χ2n) is 17.3. The van der Waals surface area contributed by atoms with E-state index in [4.69, 9.17) is 24.4 Å². The molecule has 0 bridgehead atoms. The first kappa shape index (κ1) is 50.5. The largest absolute Gasteiger partial charge is 0.492 e. The van der Waals surface area contributed by atoms with Crippen LogP contribution in [-0.2, 0) is 24.2 Å². The molecule has 0 fully saturated rings. The topological polar surface area (TPSA) is 241 Å². The Labute approximate surface area is 363 Å². The van der Waals surface area contributed by atoms with E-state index < -0.39 is 60.6 Å². The van der Waals surface area contributed by atoms with E-state index >= 15 is 0 Å². The highest BCUT2D eigenvalue weighted by molar-refractivity contribution is 7.89. The summed E-state index contributed by atoms with van der Waals surface area (Å²) in [5.74, 6) is 0.246. The number of amidine groups is 1. The Balaban J connectivity index is 1.60. The van der Waals surface area contributed by atoms with Crippen molar-refractivity contribution < 1.29 is 46.7 Å². The van der Waals surface area contributed by atoms with Crippen molar-refractivity contribution in [2.75, 3.05) is 26.2 Å². The molecule has 18 nitrogen and oxygen atoms in total. The van der Waals surface area contributed by atoms with E-state index in [9.17, 15) is 32.9 Å². The minimum Gasteiger partial charge on any atom is -0.492 e. The first-order valence-corrected chi connectivity index (χ1v) is 21.8. The summed E-state index contributed by atoms with van der Waals surface area (Å²) in [4.78, 5) is 51.8. The third-order valence-corrected chi connectivity index (χ3v) is 10.3. The number of ether oxygens (including phenoxy) is 4. The number of benzene rings is 3. The van der Waals surface area contributed by atoms with Gasteiger partial charge in [-0.3, -0.25) is 36.5 Å². The average molecular weight is 884 g/mol. The zero-order valence-corrected chi connectivity index (χ0v) is 37.9. The molecule has 0 heterocycles. The molecular formula is C43H61N7O11S. The minimum atomic E-state index is -4.29. The van der Waals surface area contributed by atoms with Crippen molar-refractivity contribution in [2.45, 2.75) is 123 Å². The molecule has 0 spiro atoms. The molecule has 0 aliphatic carbocycles. The maximum atomic E-state index is 13.9. The van der Waals surface area contributed by atoms with Gasteiger partial charge in [-0.2, -0.15) is 4.31 Å². The number of hydrogen-bond donors (Lipinski definition) is 4. The smallest absolute Gasteiger partial charge is 0.414 e. The van der Waals surface area contributed by atoms with Crippen LogP contribution in [0.15, 0.2) is 70.6 Å². The van der Waals surface area contributed by atoms with Crippen LogP contribution in [0, 0.1) is 15.5 Å². The molecule has 0 saturated carbocycles. The lowest BCUT2D eigenvalue weighted by Gasteiger charge is -2.22. The van der Waals surface area contributed by atoms with Crippen LogP contribution in [0.4, 0.5) is 20.1 Å². The molecule has 62 heavy (non-hydrogen) atoms. The van der Waals surface area contributed by atoms with E-state index in [-0.39, 0.29) is 31.5 Å². The Morgan fingerprint density at radius 3 is 1.81 bits per heavy atom. The van der Waals surface area contributed by atoms with Crippen molar-refractivity contribution in [2.24, 2.45) is 4.99 Å². The number of fused-ring (bicyclic) bond motifs is 1. The predicted octanol–water partition coefficient (Wildman–Crippen LogP) is 8.41. The maximum Gasteiger partial charge on any atom is 0.414 e. The molecule has 19 heteroatoms. The van der Waals surface area contributed by atoms with Gasteiger partial charge < -0.3 is 18.9 Å². The molecule has 0 aromatic heterocycles. The Morgan fingerprint density at radius 2 is 1.23 bits per heavy atom. The fourth-order valence-electron chi connectivity index (χ4n) is 5.74. The highest BCUT2D eigenvalue weighted by atomic mass is 32.2. The molecule has 0 saturated heterocycles. The quantitative estimate of drug-likeness (QED) is 0.0250. The Hall–Kier alpha value is -5.82. The zero-order valence-electron chi connectivity index (χ0n) is 37.1. The number of para-hydroxylation sites is 1. The third-order valence-electron chi connectivity index (χ3n) is 8.34. The number of nitrogens with zero attached hydrogens (tertiary/aromatic N) is 3. The number of carbonyl (C=O) groups is 3. The Kier molecular flexibility index (Phi) is 18.2. The average Bonchev–Trinajstić information content (AvgIpc) is 3.13. The van der Waals surface area contributed by atoms with Crippen LogP contribution in [0.3, 0.4) is 0 Å². The molecule has 340 valence electrons. The number of guanidine groups is 1. The molecule has 3 rings (SSSR count). The summed E-state index contributed by atoms with van der Waals surface area (Å²) in [7, 11) is -4.29. The molecule has 3 aromatic rings. The van der Waals surface area contributed by atoms with Gasteiger partial charge >= 0.3 is 18.3 Å². The highest BCUT2D eigenvalue weighted by Crippen LogP contribution is 2.27. The minimum absolute atomic E-state index is 0.0397. The summed E-state index contributed by atoms with van der Waals surface area (Å²) in [6.45, 7) is 15.7. The van der Waals surface area contributed by atoms with E-state index in [0.717, 1.165) is 36.1 Å². The van der Waals surface area contributed by atoms with Gasteiger partial charge in [0.15, 0.2) is 4.90 Å². The second kappa shape index (κ2) is 22.3. The van der Waals surface area contributed by atoms with Crippen molar-refractivity contribution in [3.8, 4) is 5.75 Å². The van der Waals surface area contributed by atoms with Crippen LogP contribution >= 0.6 is 0 Å². The van der Waals surface area contributed by atoms with Crippen LogP contribution in [-0.4, -0.2) is 90.8 Å². The van der Waals surface area contributed by atoms with Crippen molar-refractivity contribution >= 4 is 56.6 Å². The van der Waals surface area contributed by atoms with Gasteiger partial charge in [0.05, 0.1) is 4.92 Å². The van der Waals surface area contributed by atoms with E-state index in [0.29, 0.717) is 37.1 Å². The number of alkyl carbamates (subject to hydrolysis) is 3. The lowest BCUT2D eigenvalue weighted by Crippen LogP contribution is -2.47. The normalized spacial score (nSPS) is 12.0. The number of rotatable bonds is 17. The number of nitro benzene ring substituents is 1. The first-order chi connectivity index (χ1) is 28.8. The summed E-state index contributed by atoms with van der Waals surface area (Å²) < 4.78 is 50.8. The summed E-state index contributed by atoms with van der Waals surface area (Å²) >= 11 is 0. The number of amides is 3. The molecule has 3 aromatic carbocycles. The number of nitrogens with one attached hydrogen (secondary N) is 4. The van der Waals surface area contributed by atoms with Gasteiger partial charge in [0.1, 0.15) is 35.0 Å². The highest BCUT2D eigenvalue weighted by Gasteiger charge is 2.31. The number of unbranched alkanes of at least 4 members (excludes halogenated alkanes) is 5. The van der Waals surface area contributed by atoms with Gasteiger partial charge in [-0.15, -0.1) is 0 Å². The van der Waals surface area contributed by atoms with Crippen molar-refractivity contribution in [1.29, 1.82) is 5.41 Å². The fourth-order valence-corrected chi connectivity index (χ4v) is 7.36. The monoisotopic (exact) mass is 883 g/mol. The summed E-state index contributed by atoms with van der Waals surface area (Å²) in [5.41, 5.74) is -2.29. The van der Waals surface area contributed by atoms with Crippen LogP contribution in [0.1, 0.15) is 106 Å². The van der Waals surface area contributed by atoms with Crippen LogP contribution in [0.2, 0.25) is 0 Å². The third kappa shape index (κ3) is 18.0. The van der Waals surface area contributed by atoms with Crippen molar-refractivity contribution in [3.63, 3.8) is 0 Å². The summed E-state index contributed by atoms with van der Waals surface area (Å²) in [6.07, 6.45) is 1.83. The maximum absolute atomic E-state index is 13.9. The lowest BCUT2D eigenvalue weighted by atomic mass is 10.1. The summed E-state index contributed by atoms with van der Waals surface area (Å²) in [6, 6.07) is 15.7. The molecule has 0 atom stereocenters. The second-order valence-corrected chi connectivity index (χ2v) is 19.2. The molecule has 0 aliphatic heterocycles. The molecular weight excluding hydrogens is 823 g/mol. The zero-order chi connectivity index (χ0) is 46.3. The Bertz CT molecular complexity index is 2160. The molecule has 3 amide bonds. The number of sulfonamides is 1. The fraction of sp³-hybridized carbons (Fsp3) is 0.512. The molecule has 0 aliphatic rings. The van der Waals surface area contributed by atoms with Gasteiger partial charge in [-0.1, -0.05) is 56.0 Å². The van der Waals surface area contributed by atoms with Crippen LogP contribution in [0.25, 0.3) is 10.8 Å². The van der Waals surface area contributed by atoms with Gasteiger partial charge in [-0.25, -0.2) is 22.8 Å². The molecule has 0 radical (unpaired) electrons. The van der Waals surface area contributed by atoms with Gasteiger partial charge in [-0.05, 0) is 110 Å². The van der Waals surface area contributed by atoms with E-state index in [1.54, 1.807) is 98.7 Å². The number of aliphatic imine (C=N–C) groups is 1. The van der Waals surface area contributed by atoms with Crippen LogP contribution in [0.5, 0.6) is 5.75 Å². The lowest BCUT2D eigenvalue weighted by molar-refractivity contribution is -0.387. The van der Waals surface area contributed by atoms with E-state index in [2.05, 4.69) is 20.9 Å². The number of carbonyl (C=O) groups excluding carboxylic acids is 3. The van der Waals surface area contributed by atoms with Gasteiger partial charge in [0.2, 0.25) is 16.0 Å². The van der Waals surface area contributed by atoms with Crippen molar-refractivity contribution in [1.82, 2.24) is 20.3 Å². The summed E-state index contributed by atoms with van der Waals surface area (Å²) in [5, 5.41) is 29.0. The first-order valence-electron chi connectivity index (χ1n) is 20.4. The standard InChI is InChI=1S/C43H61N7O11S/c1-41(2,3)59-38(51)46-36(44)32-21-20-31-29-33(23-22-30(31)28-32)58-27-26-49(62(56,57)35-19-15-14-18-34(35)50(54)55)25-17-13-11-10-12-16-24-45-37(47-39(52)60-42(4,5)6)48-40(53)61-43(7,8)9/h14-15,18-23,28-29H,10-13,16-17,24-27H2,1-9H3,(H2,44,46,51)(H2,45,47,48,52,53). The number of hydrogen-bond acceptors (Lipinski definition) is 13. The SMILES string of the molecule is CC(C)(C)OC(=O)NC(=N)c1ccc2cc(OCCN(CCCCCCCCN=C(NC(=O)OC(C)(C)C)NC(=O)OC(C)(C)C)S(=O)(=O)c3ccccc3[N+](=O)[O-])ccc2c1. The molecule has 0 unspecified atom stereocenters. The van der Waals surface area contributed by atoms with Gasteiger partial charge in [0, 0.05) is 31.3 Å². The predicted molar refractivity (Wildman–Crippen MR) is 236 cm³/mol. The van der Waals surface area contributed by atoms with Crippen molar-refractivity contribution in [3.05, 3.63) is 76.3 Å². The van der Waals surface area contributed by atoms with E-state index in [1.807, 2.05) is 0 Å². The van der Waals surface area contributed by atoms with E-state index in [1.165, 1.54) is 22.5 Å².